The molecule has 0 aliphatic heterocycles. The molecule has 20 heavy (non-hydrogen) atoms. The van der Waals surface area contributed by atoms with Crippen LogP contribution in [0.2, 0.25) is 0 Å². The molecule has 0 unspecified atom stereocenters. The summed E-state index contributed by atoms with van der Waals surface area (Å²) in [5, 5.41) is 2.54. The average molecular weight is 351 g/mol. The second kappa shape index (κ2) is 5.37. The van der Waals surface area contributed by atoms with E-state index in [2.05, 4.69) is 21.2 Å². The fourth-order valence-corrected chi connectivity index (χ4v) is 2.68. The van der Waals surface area contributed by atoms with E-state index in [4.69, 9.17) is 5.73 Å². The molecule has 1 amide bonds. The van der Waals surface area contributed by atoms with Gasteiger partial charge in [-0.25, -0.2) is 0 Å². The van der Waals surface area contributed by atoms with Crippen LogP contribution in [0.5, 0.6) is 0 Å². The Labute approximate surface area is 122 Å². The summed E-state index contributed by atoms with van der Waals surface area (Å²) in [5.41, 5.74) is 4.29. The minimum atomic E-state index is -4.47. The number of rotatable bonds is 3. The number of carbonyl (C=O) groups excluding carboxylic acids is 1. The number of halogens is 4. The van der Waals surface area contributed by atoms with Crippen LogP contribution in [0.25, 0.3) is 0 Å². The van der Waals surface area contributed by atoms with Crippen LogP contribution >= 0.6 is 15.9 Å². The predicted molar refractivity (Wildman–Crippen MR) is 73.1 cm³/mol. The number of alkyl halides is 3. The van der Waals surface area contributed by atoms with Crippen LogP contribution in [0.3, 0.4) is 0 Å². The Morgan fingerprint density at radius 1 is 1.40 bits per heavy atom. The van der Waals surface area contributed by atoms with Crippen molar-refractivity contribution in [2.45, 2.75) is 25.4 Å². The highest BCUT2D eigenvalue weighted by Crippen LogP contribution is 2.41. The van der Waals surface area contributed by atoms with Gasteiger partial charge in [0, 0.05) is 16.7 Å². The van der Waals surface area contributed by atoms with Crippen molar-refractivity contribution in [2.75, 3.05) is 11.9 Å². The maximum absolute atomic E-state index is 12.8. The van der Waals surface area contributed by atoms with Crippen molar-refractivity contribution in [2.24, 2.45) is 11.1 Å². The lowest BCUT2D eigenvalue weighted by atomic mass is 9.68. The number of nitrogens with two attached hydrogens (primary N) is 1. The van der Waals surface area contributed by atoms with Crippen molar-refractivity contribution >= 4 is 27.5 Å². The molecule has 1 fully saturated rings. The first-order chi connectivity index (χ1) is 9.28. The second-order valence-electron chi connectivity index (χ2n) is 4.98. The minimum Gasteiger partial charge on any atom is -0.329 e. The molecule has 1 aliphatic carbocycles. The Morgan fingerprint density at radius 3 is 2.50 bits per heavy atom. The van der Waals surface area contributed by atoms with Crippen LogP contribution in [0.15, 0.2) is 22.7 Å². The number of amides is 1. The van der Waals surface area contributed by atoms with Crippen molar-refractivity contribution in [3.63, 3.8) is 0 Å². The summed E-state index contributed by atoms with van der Waals surface area (Å²) >= 11 is 2.86. The molecule has 1 aromatic carbocycles. The van der Waals surface area contributed by atoms with Crippen molar-refractivity contribution in [1.82, 2.24) is 0 Å². The normalized spacial score (nSPS) is 17.4. The first kappa shape index (κ1) is 15.3. The summed E-state index contributed by atoms with van der Waals surface area (Å²) in [7, 11) is 0. The Morgan fingerprint density at radius 2 is 2.05 bits per heavy atom. The van der Waals surface area contributed by atoms with Crippen LogP contribution in [0, 0.1) is 5.41 Å². The largest absolute Gasteiger partial charge is 0.417 e. The van der Waals surface area contributed by atoms with E-state index < -0.39 is 17.2 Å². The highest BCUT2D eigenvalue weighted by Gasteiger charge is 2.43. The van der Waals surface area contributed by atoms with E-state index in [0.29, 0.717) is 12.8 Å². The Bertz CT molecular complexity index is 521. The molecule has 1 aromatic rings. The molecule has 2 rings (SSSR count). The molecule has 1 saturated carbocycles. The highest BCUT2D eigenvalue weighted by atomic mass is 79.9. The summed E-state index contributed by atoms with van der Waals surface area (Å²) in [5.74, 6) is -0.304. The first-order valence-corrected chi connectivity index (χ1v) is 6.96. The van der Waals surface area contributed by atoms with Crippen LogP contribution in [-0.2, 0) is 11.0 Å². The SMILES string of the molecule is NCC1(C(=O)Nc2ccc(Br)c(C(F)(F)F)c2)CCC1. The highest BCUT2D eigenvalue weighted by molar-refractivity contribution is 9.10. The molecular formula is C13H14BrF3N2O. The maximum atomic E-state index is 12.8. The third-order valence-corrected chi connectivity index (χ3v) is 4.40. The van der Waals surface area contributed by atoms with E-state index >= 15 is 0 Å². The van der Waals surface area contributed by atoms with Gasteiger partial charge in [0.1, 0.15) is 0 Å². The lowest BCUT2D eigenvalue weighted by Gasteiger charge is -2.39. The zero-order chi connectivity index (χ0) is 15.0. The van der Waals surface area contributed by atoms with E-state index in [1.54, 1.807) is 0 Å². The first-order valence-electron chi connectivity index (χ1n) is 6.17. The number of hydrogen-bond acceptors (Lipinski definition) is 2. The fraction of sp³-hybridized carbons (Fsp3) is 0.462. The van der Waals surface area contributed by atoms with Crippen molar-refractivity contribution in [3.05, 3.63) is 28.2 Å². The zero-order valence-electron chi connectivity index (χ0n) is 10.6. The van der Waals surface area contributed by atoms with Gasteiger partial charge in [0.2, 0.25) is 5.91 Å². The molecule has 0 saturated heterocycles. The van der Waals surface area contributed by atoms with Gasteiger partial charge in [-0.05, 0) is 31.0 Å². The molecule has 0 aromatic heterocycles. The van der Waals surface area contributed by atoms with Crippen LogP contribution < -0.4 is 11.1 Å². The van der Waals surface area contributed by atoms with Gasteiger partial charge >= 0.3 is 6.18 Å². The number of anilines is 1. The van der Waals surface area contributed by atoms with E-state index in [1.807, 2.05) is 0 Å². The molecule has 0 radical (unpaired) electrons. The Balaban J connectivity index is 2.20. The van der Waals surface area contributed by atoms with Gasteiger partial charge in [0.25, 0.3) is 0 Å². The summed E-state index contributed by atoms with van der Waals surface area (Å²) in [4.78, 5) is 12.1. The van der Waals surface area contributed by atoms with Crippen LogP contribution in [0.1, 0.15) is 24.8 Å². The van der Waals surface area contributed by atoms with Gasteiger partial charge in [-0.2, -0.15) is 13.2 Å². The monoisotopic (exact) mass is 350 g/mol. The molecule has 0 heterocycles. The molecule has 0 spiro atoms. The molecule has 7 heteroatoms. The lowest BCUT2D eigenvalue weighted by Crippen LogP contribution is -2.47. The third kappa shape index (κ3) is 2.83. The number of carbonyl (C=O) groups is 1. The molecule has 1 aliphatic rings. The summed E-state index contributed by atoms with van der Waals surface area (Å²) in [6.07, 6.45) is -2.20. The van der Waals surface area contributed by atoms with Gasteiger partial charge in [-0.15, -0.1) is 0 Å². The molecular weight excluding hydrogens is 337 g/mol. The number of benzene rings is 1. The van der Waals surface area contributed by atoms with Crippen molar-refractivity contribution < 1.29 is 18.0 Å². The lowest BCUT2D eigenvalue weighted by molar-refractivity contribution is -0.138. The van der Waals surface area contributed by atoms with Gasteiger partial charge in [0.15, 0.2) is 0 Å². The Hall–Kier alpha value is -1.08. The molecule has 3 N–H and O–H groups in total. The van der Waals surface area contributed by atoms with Crippen molar-refractivity contribution in [1.29, 1.82) is 0 Å². The minimum absolute atomic E-state index is 0.0554. The summed E-state index contributed by atoms with van der Waals surface area (Å²) < 4.78 is 38.3. The molecule has 0 atom stereocenters. The summed E-state index contributed by atoms with van der Waals surface area (Å²) in [6, 6.07) is 3.62. The van der Waals surface area contributed by atoms with E-state index in [0.717, 1.165) is 12.5 Å². The quantitative estimate of drug-likeness (QED) is 0.875. The Kier molecular flexibility index (Phi) is 4.11. The van der Waals surface area contributed by atoms with E-state index in [-0.39, 0.29) is 22.6 Å². The molecule has 0 bridgehead atoms. The van der Waals surface area contributed by atoms with Crippen LogP contribution in [0.4, 0.5) is 18.9 Å². The fourth-order valence-electron chi connectivity index (χ4n) is 2.21. The van der Waals surface area contributed by atoms with E-state index in [9.17, 15) is 18.0 Å². The van der Waals surface area contributed by atoms with Gasteiger partial charge in [0.05, 0.1) is 11.0 Å². The van der Waals surface area contributed by atoms with Crippen molar-refractivity contribution in [3.8, 4) is 0 Å². The number of hydrogen-bond donors (Lipinski definition) is 2. The van der Waals surface area contributed by atoms with Gasteiger partial charge < -0.3 is 11.1 Å². The zero-order valence-corrected chi connectivity index (χ0v) is 12.1. The summed E-state index contributed by atoms with van der Waals surface area (Å²) in [6.45, 7) is 0.210. The smallest absolute Gasteiger partial charge is 0.329 e. The standard InChI is InChI=1S/C13H14BrF3N2O/c14-10-3-2-8(6-9(10)13(15,16)17)19-11(20)12(7-18)4-1-5-12/h2-3,6H,1,4-5,7,18H2,(H,19,20). The molecule has 110 valence electrons. The van der Waals surface area contributed by atoms with E-state index in [1.165, 1.54) is 12.1 Å². The molecule has 3 nitrogen and oxygen atoms in total. The predicted octanol–water partition coefficient (Wildman–Crippen LogP) is 3.54. The van der Waals surface area contributed by atoms with Gasteiger partial charge in [-0.1, -0.05) is 22.4 Å². The third-order valence-electron chi connectivity index (χ3n) is 3.71. The number of nitrogens with one attached hydrogen (secondary N) is 1. The van der Waals surface area contributed by atoms with Crippen LogP contribution in [-0.4, -0.2) is 12.5 Å². The van der Waals surface area contributed by atoms with Gasteiger partial charge in [-0.3, -0.25) is 4.79 Å². The maximum Gasteiger partial charge on any atom is 0.417 e. The average Bonchev–Trinajstić information content (AvgIpc) is 2.29. The topological polar surface area (TPSA) is 55.1 Å². The second-order valence-corrected chi connectivity index (χ2v) is 5.84.